The minimum atomic E-state index is -2.02. The SMILES string of the molecule is CCC(C)C(NC(=O)CC(C1=C(O)C2(Oc3c(Cl)c(OC)cc(OC)c3C2=O)C(C)CC1=O)c1ccc2c(c1)OCO2)c1nc2ccccc2[nH]1. The van der Waals surface area contributed by atoms with Gasteiger partial charge in [0.2, 0.25) is 24.1 Å². The number of hydrogen-bond donors (Lipinski definition) is 3. The van der Waals surface area contributed by atoms with Crippen molar-refractivity contribution in [3.8, 4) is 28.7 Å². The monoisotopic (exact) mass is 715 g/mol. The molecule has 2 aliphatic heterocycles. The first-order valence-corrected chi connectivity index (χ1v) is 17.2. The van der Waals surface area contributed by atoms with Gasteiger partial charge in [-0.15, -0.1) is 0 Å². The molecule has 1 amide bonds. The minimum Gasteiger partial charge on any atom is -0.507 e. The van der Waals surface area contributed by atoms with Gasteiger partial charge >= 0.3 is 0 Å². The first-order valence-electron chi connectivity index (χ1n) is 16.8. The Balaban J connectivity index is 1.32. The van der Waals surface area contributed by atoms with E-state index in [4.69, 9.17) is 40.3 Å². The zero-order valence-electron chi connectivity index (χ0n) is 28.8. The van der Waals surface area contributed by atoms with Crippen molar-refractivity contribution in [3.05, 3.63) is 81.8 Å². The van der Waals surface area contributed by atoms with E-state index in [-0.39, 0.29) is 59.0 Å². The average Bonchev–Trinajstić information content (AvgIpc) is 3.85. The van der Waals surface area contributed by atoms with Crippen molar-refractivity contribution < 1.29 is 43.2 Å². The van der Waals surface area contributed by atoms with E-state index in [2.05, 4.69) is 10.3 Å². The Labute approximate surface area is 299 Å². The maximum absolute atomic E-state index is 14.5. The highest BCUT2D eigenvalue weighted by molar-refractivity contribution is 6.35. The number of nitrogens with one attached hydrogen (secondary N) is 2. The highest BCUT2D eigenvalue weighted by Crippen LogP contribution is 2.56. The van der Waals surface area contributed by atoms with Crippen molar-refractivity contribution in [2.75, 3.05) is 21.0 Å². The first-order chi connectivity index (χ1) is 24.5. The number of allylic oxidation sites excluding steroid dienone is 1. The van der Waals surface area contributed by atoms with Crippen LogP contribution >= 0.6 is 11.6 Å². The number of aromatic nitrogens is 2. The Morgan fingerprint density at radius 3 is 2.59 bits per heavy atom. The number of benzene rings is 3. The minimum absolute atomic E-state index is 0.00806. The van der Waals surface area contributed by atoms with Gasteiger partial charge < -0.3 is 39.1 Å². The van der Waals surface area contributed by atoms with E-state index in [1.165, 1.54) is 20.3 Å². The third kappa shape index (κ3) is 5.52. The molecular formula is C38H38ClN3O9. The molecule has 5 atom stereocenters. The van der Waals surface area contributed by atoms with Gasteiger partial charge in [0.1, 0.15) is 27.9 Å². The van der Waals surface area contributed by atoms with Gasteiger partial charge in [0.15, 0.2) is 28.8 Å². The van der Waals surface area contributed by atoms with Crippen molar-refractivity contribution in [1.29, 1.82) is 0 Å². The number of hydrogen-bond acceptors (Lipinski definition) is 10. The number of carbonyl (C=O) groups is 3. The lowest BCUT2D eigenvalue weighted by Crippen LogP contribution is -2.53. The highest BCUT2D eigenvalue weighted by Gasteiger charge is 2.61. The van der Waals surface area contributed by atoms with Crippen LogP contribution in [0.3, 0.4) is 0 Å². The number of ether oxygens (including phenoxy) is 5. The summed E-state index contributed by atoms with van der Waals surface area (Å²) in [5.41, 5.74) is -0.00504. The predicted molar refractivity (Wildman–Crippen MR) is 187 cm³/mol. The van der Waals surface area contributed by atoms with Crippen molar-refractivity contribution in [1.82, 2.24) is 15.3 Å². The normalized spacial score (nSPS) is 21.0. The molecule has 0 radical (unpaired) electrons. The second kappa shape index (κ2) is 13.1. The van der Waals surface area contributed by atoms with Crippen LogP contribution in [0.2, 0.25) is 5.02 Å². The molecule has 3 aliphatic rings. The fourth-order valence-electron chi connectivity index (χ4n) is 7.31. The van der Waals surface area contributed by atoms with Gasteiger partial charge in [-0.25, -0.2) is 4.98 Å². The van der Waals surface area contributed by atoms with Gasteiger partial charge in [-0.1, -0.05) is 57.0 Å². The first kappa shape index (κ1) is 34.2. The third-order valence-electron chi connectivity index (χ3n) is 10.3. The fourth-order valence-corrected chi connectivity index (χ4v) is 7.57. The van der Waals surface area contributed by atoms with Crippen LogP contribution in [0.15, 0.2) is 59.9 Å². The summed E-state index contributed by atoms with van der Waals surface area (Å²) in [7, 11) is 2.81. The average molecular weight is 716 g/mol. The smallest absolute Gasteiger partial charge is 0.231 e. The Morgan fingerprint density at radius 1 is 1.12 bits per heavy atom. The summed E-state index contributed by atoms with van der Waals surface area (Å²) >= 11 is 6.65. The molecule has 7 rings (SSSR count). The van der Waals surface area contributed by atoms with Crippen LogP contribution in [0.1, 0.15) is 73.7 Å². The summed E-state index contributed by atoms with van der Waals surface area (Å²) in [6.07, 6.45) is 0.323. The zero-order chi connectivity index (χ0) is 36.2. The number of fused-ring (bicyclic) bond motifs is 3. The molecular weight excluding hydrogens is 678 g/mol. The maximum Gasteiger partial charge on any atom is 0.231 e. The summed E-state index contributed by atoms with van der Waals surface area (Å²) in [4.78, 5) is 50.8. The highest BCUT2D eigenvalue weighted by atomic mass is 35.5. The van der Waals surface area contributed by atoms with Crippen LogP contribution in [0.25, 0.3) is 11.0 Å². The van der Waals surface area contributed by atoms with Crippen LogP contribution in [-0.2, 0) is 9.59 Å². The number of aromatic amines is 1. The number of ketones is 2. The molecule has 1 spiro atoms. The van der Waals surface area contributed by atoms with Crippen molar-refractivity contribution >= 4 is 40.1 Å². The van der Waals surface area contributed by atoms with Gasteiger partial charge in [0, 0.05) is 36.3 Å². The Bertz CT molecular complexity index is 2080. The van der Waals surface area contributed by atoms with E-state index < -0.39 is 46.7 Å². The number of amides is 1. The lowest BCUT2D eigenvalue weighted by molar-refractivity contribution is -0.122. The third-order valence-corrected chi connectivity index (χ3v) is 10.6. The van der Waals surface area contributed by atoms with Gasteiger partial charge in [-0.3, -0.25) is 14.4 Å². The van der Waals surface area contributed by atoms with Crippen LogP contribution < -0.4 is 29.0 Å². The number of halogens is 1. The second-order valence-corrected chi connectivity index (χ2v) is 13.6. The lowest BCUT2D eigenvalue weighted by atomic mass is 9.69. The number of Topliss-reactive ketones (excluding diaryl/α,β-unsaturated/α-hetero) is 2. The number of carbonyl (C=O) groups excluding carboxylic acids is 3. The number of para-hydroxylation sites is 2. The maximum atomic E-state index is 14.5. The van der Waals surface area contributed by atoms with E-state index in [1.54, 1.807) is 25.1 Å². The molecule has 3 aromatic carbocycles. The number of nitrogens with zero attached hydrogens (tertiary/aromatic N) is 1. The van der Waals surface area contributed by atoms with Crippen LogP contribution in [0.4, 0.5) is 0 Å². The summed E-state index contributed by atoms with van der Waals surface area (Å²) in [6.45, 7) is 5.71. The van der Waals surface area contributed by atoms with Crippen LogP contribution in [-0.4, -0.2) is 59.2 Å². The summed E-state index contributed by atoms with van der Waals surface area (Å²) in [5.74, 6) is -2.03. The topological polar surface area (TPSA) is 158 Å². The number of aliphatic hydroxyl groups is 1. The van der Waals surface area contributed by atoms with Crippen LogP contribution in [0.5, 0.6) is 28.7 Å². The quantitative estimate of drug-likeness (QED) is 0.160. The van der Waals surface area contributed by atoms with E-state index >= 15 is 0 Å². The van der Waals surface area contributed by atoms with Crippen LogP contribution in [0, 0.1) is 11.8 Å². The molecule has 13 heteroatoms. The Morgan fingerprint density at radius 2 is 1.86 bits per heavy atom. The van der Waals surface area contributed by atoms with Crippen molar-refractivity contribution in [2.24, 2.45) is 11.8 Å². The zero-order valence-corrected chi connectivity index (χ0v) is 29.6. The molecule has 0 saturated heterocycles. The van der Waals surface area contributed by atoms with Crippen molar-refractivity contribution in [2.45, 2.75) is 57.6 Å². The molecule has 0 bridgehead atoms. The van der Waals surface area contributed by atoms with Crippen molar-refractivity contribution in [3.63, 3.8) is 0 Å². The molecule has 266 valence electrons. The largest absolute Gasteiger partial charge is 0.507 e. The molecule has 0 fully saturated rings. The summed E-state index contributed by atoms with van der Waals surface area (Å²) in [6, 6.07) is 13.7. The van der Waals surface area contributed by atoms with Gasteiger partial charge in [0.25, 0.3) is 0 Å². The van der Waals surface area contributed by atoms with E-state index in [1.807, 2.05) is 38.1 Å². The molecule has 3 heterocycles. The predicted octanol–water partition coefficient (Wildman–Crippen LogP) is 6.77. The number of aliphatic hydroxyl groups excluding tert-OH is 1. The molecule has 1 aliphatic carbocycles. The molecule has 4 aromatic rings. The molecule has 12 nitrogen and oxygen atoms in total. The summed E-state index contributed by atoms with van der Waals surface area (Å²) in [5, 5.41) is 15.4. The lowest BCUT2D eigenvalue weighted by Gasteiger charge is -2.38. The van der Waals surface area contributed by atoms with E-state index in [0.29, 0.717) is 22.9 Å². The number of H-pyrrole nitrogens is 1. The standard InChI is InChI=1S/C38H38ClN3O9/c1-6-18(2)33(37-40-22-9-7-8-10-23(22)41-37)42-29(44)15-21(20-11-12-25-26(14-20)50-17-49-25)30-24(43)13-19(3)38(35(30)45)36(46)31-27(47-4)16-28(48-5)32(39)34(31)51-38/h7-12,14,16,18-19,21,33,45H,6,13,15,17H2,1-5H3,(H,40,41)(H,42,44). The summed E-state index contributed by atoms with van der Waals surface area (Å²) < 4.78 is 28.4. The van der Waals surface area contributed by atoms with E-state index in [9.17, 15) is 19.5 Å². The van der Waals surface area contributed by atoms with Gasteiger partial charge in [-0.2, -0.15) is 0 Å². The molecule has 1 aromatic heterocycles. The fraction of sp³-hybridized carbons (Fsp3) is 0.368. The number of methoxy groups -OCH3 is 2. The Kier molecular flexibility index (Phi) is 8.82. The number of rotatable bonds is 10. The Hall–Kier alpha value is -5.23. The molecule has 0 saturated carbocycles. The molecule has 3 N–H and O–H groups in total. The van der Waals surface area contributed by atoms with Gasteiger partial charge in [-0.05, 0) is 35.7 Å². The second-order valence-electron chi connectivity index (χ2n) is 13.2. The van der Waals surface area contributed by atoms with Gasteiger partial charge in [0.05, 0.1) is 31.3 Å². The number of imidazole rings is 1. The van der Waals surface area contributed by atoms with E-state index in [0.717, 1.165) is 17.5 Å². The molecule has 51 heavy (non-hydrogen) atoms. The molecule has 5 unspecified atom stereocenters.